The Morgan fingerprint density at radius 1 is 1.67 bits per heavy atom. The molecule has 2 nitrogen and oxygen atoms in total. The largest absolute Gasteiger partial charge is 0.373 e. The second-order valence-electron chi connectivity index (χ2n) is 2.32. The minimum absolute atomic E-state index is 0.981. The Morgan fingerprint density at radius 2 is 2.33 bits per heavy atom. The van der Waals surface area contributed by atoms with Crippen LogP contribution in [0.2, 0.25) is 0 Å². The molecular formula is C7H14N2. The SMILES string of the molecule is C=C(NCC)N1CCC1. The standard InChI is InChI=1S/C7H14N2/c1-3-8-7(2)9-5-4-6-9/h8H,2-6H2,1H3. The first-order valence-electron chi connectivity index (χ1n) is 3.52. The van der Waals surface area contributed by atoms with Crippen LogP contribution in [0.3, 0.4) is 0 Å². The summed E-state index contributed by atoms with van der Waals surface area (Å²) in [6.45, 7) is 9.32. The normalized spacial score (nSPS) is 16.8. The Kier molecular flexibility index (Phi) is 1.98. The highest BCUT2D eigenvalue weighted by Crippen LogP contribution is 2.09. The lowest BCUT2D eigenvalue weighted by Gasteiger charge is -2.34. The van der Waals surface area contributed by atoms with Gasteiger partial charge < -0.3 is 10.2 Å². The van der Waals surface area contributed by atoms with E-state index >= 15 is 0 Å². The molecule has 0 amide bonds. The molecular weight excluding hydrogens is 112 g/mol. The van der Waals surface area contributed by atoms with Gasteiger partial charge in [-0.2, -0.15) is 0 Å². The number of nitrogens with one attached hydrogen (secondary N) is 1. The molecule has 0 aromatic heterocycles. The van der Waals surface area contributed by atoms with Crippen LogP contribution in [0.1, 0.15) is 13.3 Å². The Balaban J connectivity index is 2.16. The van der Waals surface area contributed by atoms with Crippen LogP contribution in [0.15, 0.2) is 12.4 Å². The fraction of sp³-hybridized carbons (Fsp3) is 0.714. The summed E-state index contributed by atoms with van der Waals surface area (Å²) in [5, 5.41) is 3.18. The maximum Gasteiger partial charge on any atom is 0.0938 e. The van der Waals surface area contributed by atoms with E-state index in [0.29, 0.717) is 0 Å². The summed E-state index contributed by atoms with van der Waals surface area (Å²) >= 11 is 0. The molecule has 0 atom stereocenters. The summed E-state index contributed by atoms with van der Waals surface area (Å²) in [6.07, 6.45) is 1.32. The molecule has 0 unspecified atom stereocenters. The first kappa shape index (κ1) is 6.46. The molecule has 0 aliphatic carbocycles. The van der Waals surface area contributed by atoms with Crippen LogP contribution in [0.4, 0.5) is 0 Å². The van der Waals surface area contributed by atoms with Gasteiger partial charge in [-0.1, -0.05) is 6.58 Å². The Bertz CT molecular complexity index is 105. The molecule has 9 heavy (non-hydrogen) atoms. The minimum atomic E-state index is 0.981. The molecule has 1 saturated heterocycles. The van der Waals surface area contributed by atoms with Crippen molar-refractivity contribution < 1.29 is 0 Å². The lowest BCUT2D eigenvalue weighted by molar-refractivity contribution is 0.224. The summed E-state index contributed by atoms with van der Waals surface area (Å²) in [5.74, 6) is 1.09. The molecule has 0 radical (unpaired) electrons. The van der Waals surface area contributed by atoms with E-state index in [9.17, 15) is 0 Å². The zero-order valence-electron chi connectivity index (χ0n) is 5.98. The van der Waals surface area contributed by atoms with Crippen LogP contribution in [0, 0.1) is 0 Å². The van der Waals surface area contributed by atoms with Crippen molar-refractivity contribution in [2.24, 2.45) is 0 Å². The van der Waals surface area contributed by atoms with Gasteiger partial charge in [0.05, 0.1) is 5.82 Å². The first-order valence-corrected chi connectivity index (χ1v) is 3.52. The van der Waals surface area contributed by atoms with Gasteiger partial charge in [0, 0.05) is 19.6 Å². The van der Waals surface area contributed by atoms with E-state index in [-0.39, 0.29) is 0 Å². The number of hydrogen-bond donors (Lipinski definition) is 1. The average Bonchev–Trinajstić information content (AvgIpc) is 1.60. The molecule has 52 valence electrons. The fourth-order valence-corrected chi connectivity index (χ4v) is 0.902. The van der Waals surface area contributed by atoms with Gasteiger partial charge in [0.1, 0.15) is 0 Å². The van der Waals surface area contributed by atoms with E-state index in [1.807, 2.05) is 0 Å². The van der Waals surface area contributed by atoms with Crippen LogP contribution in [-0.4, -0.2) is 24.5 Å². The monoisotopic (exact) mass is 126 g/mol. The van der Waals surface area contributed by atoms with E-state index < -0.39 is 0 Å². The van der Waals surface area contributed by atoms with Crippen LogP contribution < -0.4 is 5.32 Å². The highest BCUT2D eigenvalue weighted by molar-refractivity contribution is 4.94. The van der Waals surface area contributed by atoms with E-state index in [1.165, 1.54) is 19.5 Å². The smallest absolute Gasteiger partial charge is 0.0938 e. The molecule has 2 heteroatoms. The van der Waals surface area contributed by atoms with Gasteiger partial charge >= 0.3 is 0 Å². The van der Waals surface area contributed by atoms with Gasteiger partial charge in [-0.3, -0.25) is 0 Å². The molecule has 0 aromatic carbocycles. The van der Waals surface area contributed by atoms with Gasteiger partial charge in [-0.15, -0.1) is 0 Å². The quantitative estimate of drug-likeness (QED) is 0.601. The van der Waals surface area contributed by atoms with E-state index in [1.54, 1.807) is 0 Å². The maximum absolute atomic E-state index is 3.88. The van der Waals surface area contributed by atoms with Gasteiger partial charge in [0.15, 0.2) is 0 Å². The molecule has 0 spiro atoms. The van der Waals surface area contributed by atoms with Crippen molar-refractivity contribution in [2.75, 3.05) is 19.6 Å². The summed E-state index contributed by atoms with van der Waals surface area (Å²) in [6, 6.07) is 0. The molecule has 1 N–H and O–H groups in total. The third-order valence-electron chi connectivity index (χ3n) is 1.62. The van der Waals surface area contributed by atoms with Crippen LogP contribution in [0.25, 0.3) is 0 Å². The Morgan fingerprint density at radius 3 is 2.67 bits per heavy atom. The summed E-state index contributed by atoms with van der Waals surface area (Å²) in [4.78, 5) is 2.25. The van der Waals surface area contributed by atoms with Gasteiger partial charge in [0.2, 0.25) is 0 Å². The Hall–Kier alpha value is -0.660. The predicted molar refractivity (Wildman–Crippen MR) is 39.0 cm³/mol. The highest BCUT2D eigenvalue weighted by Gasteiger charge is 2.13. The lowest BCUT2D eigenvalue weighted by atomic mass is 10.2. The molecule has 1 aliphatic rings. The zero-order valence-corrected chi connectivity index (χ0v) is 5.98. The molecule has 0 saturated carbocycles. The van der Waals surface area contributed by atoms with E-state index in [4.69, 9.17) is 0 Å². The minimum Gasteiger partial charge on any atom is -0.373 e. The van der Waals surface area contributed by atoms with E-state index in [0.717, 1.165) is 12.4 Å². The molecule has 0 bridgehead atoms. The van der Waals surface area contributed by atoms with Crippen molar-refractivity contribution in [3.63, 3.8) is 0 Å². The van der Waals surface area contributed by atoms with Crippen molar-refractivity contribution in [2.45, 2.75) is 13.3 Å². The third kappa shape index (κ3) is 1.37. The molecule has 1 fully saturated rings. The van der Waals surface area contributed by atoms with Crippen LogP contribution in [0.5, 0.6) is 0 Å². The second-order valence-corrected chi connectivity index (χ2v) is 2.32. The topological polar surface area (TPSA) is 15.3 Å². The number of likely N-dealkylation sites (tertiary alicyclic amines) is 1. The predicted octanol–water partition coefficient (Wildman–Crippen LogP) is 0.773. The number of hydrogen-bond acceptors (Lipinski definition) is 2. The van der Waals surface area contributed by atoms with Gasteiger partial charge in [-0.05, 0) is 13.3 Å². The molecule has 1 aliphatic heterocycles. The molecule has 1 rings (SSSR count). The van der Waals surface area contributed by atoms with Crippen LogP contribution >= 0.6 is 0 Å². The van der Waals surface area contributed by atoms with E-state index in [2.05, 4.69) is 23.7 Å². The highest BCUT2D eigenvalue weighted by atomic mass is 15.3. The Labute approximate surface area is 56.5 Å². The van der Waals surface area contributed by atoms with Crippen LogP contribution in [-0.2, 0) is 0 Å². The molecule has 1 heterocycles. The summed E-state index contributed by atoms with van der Waals surface area (Å²) < 4.78 is 0. The van der Waals surface area contributed by atoms with Crippen molar-refractivity contribution in [3.8, 4) is 0 Å². The second kappa shape index (κ2) is 2.76. The van der Waals surface area contributed by atoms with Crippen molar-refractivity contribution in [1.29, 1.82) is 0 Å². The third-order valence-corrected chi connectivity index (χ3v) is 1.62. The average molecular weight is 126 g/mol. The summed E-state index contributed by atoms with van der Waals surface area (Å²) in [5.41, 5.74) is 0. The van der Waals surface area contributed by atoms with Crippen molar-refractivity contribution >= 4 is 0 Å². The first-order chi connectivity index (χ1) is 4.34. The molecule has 0 aromatic rings. The number of nitrogens with zero attached hydrogens (tertiary/aromatic N) is 1. The summed E-state index contributed by atoms with van der Waals surface area (Å²) in [7, 11) is 0. The van der Waals surface area contributed by atoms with Crippen molar-refractivity contribution in [3.05, 3.63) is 12.4 Å². The maximum atomic E-state index is 3.88. The van der Waals surface area contributed by atoms with Crippen molar-refractivity contribution in [1.82, 2.24) is 10.2 Å². The van der Waals surface area contributed by atoms with Gasteiger partial charge in [0.25, 0.3) is 0 Å². The zero-order chi connectivity index (χ0) is 6.69. The lowest BCUT2D eigenvalue weighted by Crippen LogP contribution is -2.40. The number of rotatable bonds is 3. The fourth-order valence-electron chi connectivity index (χ4n) is 0.902. The van der Waals surface area contributed by atoms with Gasteiger partial charge in [-0.25, -0.2) is 0 Å².